The monoisotopic (exact) mass is 394 g/mol. The summed E-state index contributed by atoms with van der Waals surface area (Å²) in [7, 11) is -2.35. The molecule has 1 aliphatic heterocycles. The molecule has 2 atom stereocenters. The van der Waals surface area contributed by atoms with E-state index in [-0.39, 0.29) is 23.0 Å². The number of amides is 1. The Kier molecular flexibility index (Phi) is 6.16. The van der Waals surface area contributed by atoms with E-state index >= 15 is 0 Å². The van der Waals surface area contributed by atoms with Gasteiger partial charge in [-0.1, -0.05) is 25.3 Å². The third kappa shape index (κ3) is 4.68. The van der Waals surface area contributed by atoms with Gasteiger partial charge >= 0.3 is 5.97 Å². The summed E-state index contributed by atoms with van der Waals surface area (Å²) in [4.78, 5) is 26.4. The molecule has 0 radical (unpaired) electrons. The Morgan fingerprint density at radius 1 is 1.19 bits per heavy atom. The van der Waals surface area contributed by atoms with Gasteiger partial charge in [-0.2, -0.15) is 0 Å². The molecule has 1 saturated carbocycles. The van der Waals surface area contributed by atoms with E-state index in [1.807, 2.05) is 0 Å². The molecule has 1 aromatic rings. The zero-order chi connectivity index (χ0) is 19.4. The Morgan fingerprint density at radius 3 is 2.67 bits per heavy atom. The van der Waals surface area contributed by atoms with Crippen LogP contribution in [-0.4, -0.2) is 51.9 Å². The van der Waals surface area contributed by atoms with Crippen LogP contribution in [0.1, 0.15) is 42.5 Å². The second kappa shape index (κ2) is 8.39. The maximum Gasteiger partial charge on any atom is 0.338 e. The van der Waals surface area contributed by atoms with E-state index in [0.717, 1.165) is 18.9 Å². The van der Waals surface area contributed by atoms with Gasteiger partial charge in [0.25, 0.3) is 5.91 Å². The molecule has 148 valence electrons. The van der Waals surface area contributed by atoms with E-state index in [1.54, 1.807) is 4.90 Å². The minimum absolute atomic E-state index is 0.0230. The average molecular weight is 394 g/mol. The quantitative estimate of drug-likeness (QED) is 0.769. The average Bonchev–Trinajstić information content (AvgIpc) is 2.71. The summed E-state index contributed by atoms with van der Waals surface area (Å²) < 4.78 is 31.0. The molecular weight excluding hydrogens is 368 g/mol. The molecule has 1 aliphatic carbocycles. The largest absolute Gasteiger partial charge is 0.452 e. The highest BCUT2D eigenvalue weighted by molar-refractivity contribution is 7.89. The number of carbonyl (C=O) groups excluding carboxylic acids is 2. The third-order valence-electron chi connectivity index (χ3n) is 5.62. The lowest BCUT2D eigenvalue weighted by Gasteiger charge is -2.41. The van der Waals surface area contributed by atoms with Crippen LogP contribution in [0.25, 0.3) is 0 Å². The topological polar surface area (TPSA) is 92.8 Å². The second-order valence-corrected chi connectivity index (χ2v) is 9.13. The van der Waals surface area contributed by atoms with Crippen molar-refractivity contribution in [3.8, 4) is 0 Å². The van der Waals surface area contributed by atoms with Crippen LogP contribution in [0.15, 0.2) is 29.2 Å². The van der Waals surface area contributed by atoms with Crippen molar-refractivity contribution in [3.63, 3.8) is 0 Å². The van der Waals surface area contributed by atoms with Gasteiger partial charge in [0.1, 0.15) is 0 Å². The lowest BCUT2D eigenvalue weighted by atomic mass is 9.75. The van der Waals surface area contributed by atoms with Crippen molar-refractivity contribution in [3.05, 3.63) is 29.8 Å². The normalized spacial score (nSPS) is 22.8. The maximum atomic E-state index is 12.4. The fourth-order valence-electron chi connectivity index (χ4n) is 4.04. The van der Waals surface area contributed by atoms with E-state index < -0.39 is 16.0 Å². The van der Waals surface area contributed by atoms with Crippen molar-refractivity contribution in [1.82, 2.24) is 9.62 Å². The first-order valence-corrected chi connectivity index (χ1v) is 10.9. The zero-order valence-corrected chi connectivity index (χ0v) is 16.3. The molecule has 27 heavy (non-hydrogen) atoms. The number of benzene rings is 1. The van der Waals surface area contributed by atoms with Crippen LogP contribution in [0.5, 0.6) is 0 Å². The van der Waals surface area contributed by atoms with Crippen LogP contribution < -0.4 is 4.72 Å². The Balaban J connectivity index is 1.56. The molecule has 1 N–H and O–H groups in total. The molecule has 1 aromatic carbocycles. The van der Waals surface area contributed by atoms with Crippen LogP contribution in [0.3, 0.4) is 0 Å². The van der Waals surface area contributed by atoms with Crippen LogP contribution in [-0.2, 0) is 19.6 Å². The number of ether oxygens (including phenoxy) is 1. The SMILES string of the molecule is CNS(=O)(=O)c1cccc(C(=O)OCC(=O)N2CC[C@@H]3CCCC[C@@H]3C2)c1. The zero-order valence-electron chi connectivity index (χ0n) is 15.5. The van der Waals surface area contributed by atoms with Crippen molar-refractivity contribution in [2.24, 2.45) is 11.8 Å². The molecule has 0 bridgehead atoms. The summed E-state index contributed by atoms with van der Waals surface area (Å²) in [6, 6.07) is 5.57. The van der Waals surface area contributed by atoms with Crippen LogP contribution in [0.4, 0.5) is 0 Å². The molecule has 2 aliphatic rings. The van der Waals surface area contributed by atoms with Crippen molar-refractivity contribution >= 4 is 21.9 Å². The van der Waals surface area contributed by atoms with Gasteiger partial charge in [0.2, 0.25) is 10.0 Å². The summed E-state index contributed by atoms with van der Waals surface area (Å²) in [5.41, 5.74) is 0.102. The summed E-state index contributed by atoms with van der Waals surface area (Å²) in [6.45, 7) is 1.14. The number of nitrogens with one attached hydrogen (secondary N) is 1. The lowest BCUT2D eigenvalue weighted by molar-refractivity contribution is -0.137. The van der Waals surface area contributed by atoms with Gasteiger partial charge in [-0.25, -0.2) is 17.9 Å². The Hall–Kier alpha value is -1.93. The fraction of sp³-hybridized carbons (Fsp3) is 0.579. The van der Waals surface area contributed by atoms with Crippen molar-refractivity contribution < 1.29 is 22.7 Å². The second-order valence-electron chi connectivity index (χ2n) is 7.24. The van der Waals surface area contributed by atoms with E-state index in [2.05, 4.69) is 4.72 Å². The van der Waals surface area contributed by atoms with Crippen molar-refractivity contribution in [1.29, 1.82) is 0 Å². The summed E-state index contributed by atoms with van der Waals surface area (Å²) in [5.74, 6) is 0.397. The first-order valence-electron chi connectivity index (χ1n) is 9.39. The third-order valence-corrected chi connectivity index (χ3v) is 7.03. The molecule has 1 heterocycles. The van der Waals surface area contributed by atoms with Crippen LogP contribution in [0, 0.1) is 11.8 Å². The molecule has 0 unspecified atom stereocenters. The smallest absolute Gasteiger partial charge is 0.338 e. The number of rotatable bonds is 5. The Labute approximate surface area is 160 Å². The minimum atomic E-state index is -3.65. The Morgan fingerprint density at radius 2 is 1.93 bits per heavy atom. The number of carbonyl (C=O) groups is 2. The van der Waals surface area contributed by atoms with Gasteiger partial charge in [0.15, 0.2) is 6.61 Å². The first kappa shape index (κ1) is 19.8. The van der Waals surface area contributed by atoms with Crippen molar-refractivity contribution in [2.75, 3.05) is 26.7 Å². The van der Waals surface area contributed by atoms with Gasteiger partial charge in [-0.3, -0.25) is 4.79 Å². The van der Waals surface area contributed by atoms with Crippen molar-refractivity contribution in [2.45, 2.75) is 37.0 Å². The van der Waals surface area contributed by atoms with Gasteiger partial charge in [0.05, 0.1) is 10.5 Å². The number of hydrogen-bond donors (Lipinski definition) is 1. The Bertz CT molecular complexity index is 808. The van der Waals surface area contributed by atoms with Gasteiger partial charge in [-0.15, -0.1) is 0 Å². The van der Waals surface area contributed by atoms with Crippen LogP contribution in [0.2, 0.25) is 0 Å². The molecule has 7 nitrogen and oxygen atoms in total. The number of nitrogens with zero attached hydrogens (tertiary/aromatic N) is 1. The molecule has 2 fully saturated rings. The van der Waals surface area contributed by atoms with Gasteiger partial charge in [0, 0.05) is 13.1 Å². The highest BCUT2D eigenvalue weighted by Gasteiger charge is 2.33. The van der Waals surface area contributed by atoms with E-state index in [4.69, 9.17) is 4.74 Å². The number of piperidine rings is 1. The highest BCUT2D eigenvalue weighted by atomic mass is 32.2. The number of likely N-dealkylation sites (tertiary alicyclic amines) is 1. The number of esters is 1. The molecular formula is C19H26N2O5S. The predicted molar refractivity (Wildman–Crippen MR) is 99.6 cm³/mol. The summed E-state index contributed by atoms with van der Waals surface area (Å²) in [6.07, 6.45) is 5.96. The molecule has 1 saturated heterocycles. The molecule has 1 amide bonds. The van der Waals surface area contributed by atoms with Crippen LogP contribution >= 0.6 is 0 Å². The number of fused-ring (bicyclic) bond motifs is 1. The summed E-state index contributed by atoms with van der Waals surface area (Å²) >= 11 is 0. The molecule has 0 spiro atoms. The fourth-order valence-corrected chi connectivity index (χ4v) is 4.81. The maximum absolute atomic E-state index is 12.4. The molecule has 3 rings (SSSR count). The minimum Gasteiger partial charge on any atom is -0.452 e. The van der Waals surface area contributed by atoms with Gasteiger partial charge in [-0.05, 0) is 49.9 Å². The summed E-state index contributed by atoms with van der Waals surface area (Å²) in [5, 5.41) is 0. The molecule has 8 heteroatoms. The van der Waals surface area contributed by atoms with E-state index in [1.165, 1.54) is 57.0 Å². The standard InChI is InChI=1S/C19H26N2O5S/c1-20-27(24,25)17-8-4-7-15(11-17)19(23)26-13-18(22)21-10-9-14-5-2-3-6-16(14)12-21/h4,7-8,11,14,16,20H,2-3,5-6,9-10,12-13H2,1H3/t14-,16+/m0/s1. The predicted octanol–water partition coefficient (Wildman–Crippen LogP) is 1.79. The highest BCUT2D eigenvalue weighted by Crippen LogP contribution is 2.36. The number of sulfonamides is 1. The van der Waals surface area contributed by atoms with E-state index in [9.17, 15) is 18.0 Å². The lowest BCUT2D eigenvalue weighted by Crippen LogP contribution is -2.46. The first-order chi connectivity index (χ1) is 12.9. The number of hydrogen-bond acceptors (Lipinski definition) is 5. The van der Waals surface area contributed by atoms with E-state index in [0.29, 0.717) is 12.5 Å². The molecule has 0 aromatic heterocycles. The van der Waals surface area contributed by atoms with Gasteiger partial charge < -0.3 is 9.64 Å².